The zero-order valence-electron chi connectivity index (χ0n) is 16.3. The summed E-state index contributed by atoms with van der Waals surface area (Å²) in [5, 5.41) is 0. The van der Waals surface area contributed by atoms with E-state index >= 15 is 0 Å². The smallest absolute Gasteiger partial charge is 0.257 e. The molecular weight excluding hydrogens is 366 g/mol. The van der Waals surface area contributed by atoms with E-state index in [1.807, 2.05) is 0 Å². The van der Waals surface area contributed by atoms with Crippen molar-refractivity contribution in [2.75, 3.05) is 13.1 Å². The number of sulfonamides is 1. The van der Waals surface area contributed by atoms with E-state index in [2.05, 4.69) is 11.6 Å². The second-order valence-electron chi connectivity index (χ2n) is 7.31. The number of hydrogen-bond donors (Lipinski definition) is 1. The Morgan fingerprint density at radius 3 is 2.52 bits per heavy atom. The van der Waals surface area contributed by atoms with Crippen LogP contribution >= 0.6 is 0 Å². The lowest BCUT2D eigenvalue weighted by Gasteiger charge is -2.30. The SMILES string of the molecule is Cc1c(C(=O)N2CCC(C)CC2)c(S(=O)(=O)NCc2ccco2)c(C)n1C. The fourth-order valence-electron chi connectivity index (χ4n) is 3.52. The van der Waals surface area contributed by atoms with E-state index in [0.717, 1.165) is 12.8 Å². The van der Waals surface area contributed by atoms with Gasteiger partial charge in [0.05, 0.1) is 18.4 Å². The maximum absolute atomic E-state index is 13.2. The summed E-state index contributed by atoms with van der Waals surface area (Å²) in [7, 11) is -2.09. The van der Waals surface area contributed by atoms with Crippen LogP contribution in [-0.2, 0) is 23.6 Å². The maximum Gasteiger partial charge on any atom is 0.257 e. The van der Waals surface area contributed by atoms with Gasteiger partial charge in [-0.2, -0.15) is 0 Å². The molecule has 1 N–H and O–H groups in total. The number of aromatic nitrogens is 1. The third-order valence-corrected chi connectivity index (χ3v) is 7.06. The molecule has 1 amide bonds. The molecule has 3 rings (SSSR count). The average molecular weight is 394 g/mol. The van der Waals surface area contributed by atoms with E-state index in [9.17, 15) is 13.2 Å². The molecule has 2 aromatic rings. The summed E-state index contributed by atoms with van der Waals surface area (Å²) in [4.78, 5) is 15.0. The van der Waals surface area contributed by atoms with E-state index in [0.29, 0.717) is 36.2 Å². The lowest BCUT2D eigenvalue weighted by molar-refractivity contribution is 0.0692. The molecule has 27 heavy (non-hydrogen) atoms. The topological polar surface area (TPSA) is 84.6 Å². The summed E-state index contributed by atoms with van der Waals surface area (Å²) in [5.41, 5.74) is 1.49. The lowest BCUT2D eigenvalue weighted by atomic mass is 9.98. The standard InChI is InChI=1S/C19H27N3O4S/c1-13-7-9-22(10-8-13)19(23)17-14(2)21(4)15(3)18(17)27(24,25)20-12-16-6-5-11-26-16/h5-6,11,13,20H,7-10,12H2,1-4H3. The number of carbonyl (C=O) groups excluding carboxylic acids is 1. The normalized spacial score (nSPS) is 16.1. The quantitative estimate of drug-likeness (QED) is 0.846. The van der Waals surface area contributed by atoms with Crippen molar-refractivity contribution in [3.05, 3.63) is 41.1 Å². The number of furan rings is 1. The number of carbonyl (C=O) groups is 1. The van der Waals surface area contributed by atoms with Gasteiger partial charge in [-0.3, -0.25) is 4.79 Å². The Balaban J connectivity index is 1.95. The van der Waals surface area contributed by atoms with E-state index in [-0.39, 0.29) is 22.9 Å². The zero-order chi connectivity index (χ0) is 19.8. The highest BCUT2D eigenvalue weighted by atomic mass is 32.2. The Hall–Kier alpha value is -2.06. The van der Waals surface area contributed by atoms with Crippen LogP contribution in [0, 0.1) is 19.8 Å². The molecule has 7 nitrogen and oxygen atoms in total. The van der Waals surface area contributed by atoms with Crippen LogP contribution in [0.15, 0.2) is 27.7 Å². The van der Waals surface area contributed by atoms with Gasteiger partial charge in [0.25, 0.3) is 5.91 Å². The van der Waals surface area contributed by atoms with Crippen LogP contribution in [0.4, 0.5) is 0 Å². The number of rotatable bonds is 5. The van der Waals surface area contributed by atoms with Gasteiger partial charge < -0.3 is 13.9 Å². The van der Waals surface area contributed by atoms with Crippen molar-refractivity contribution >= 4 is 15.9 Å². The predicted octanol–water partition coefficient (Wildman–Crippen LogP) is 2.59. The molecule has 1 saturated heterocycles. The molecule has 148 valence electrons. The molecule has 0 aliphatic carbocycles. The first-order valence-corrected chi connectivity index (χ1v) is 10.7. The van der Waals surface area contributed by atoms with Gasteiger partial charge in [0.2, 0.25) is 10.0 Å². The predicted molar refractivity (Wildman–Crippen MR) is 102 cm³/mol. The summed E-state index contributed by atoms with van der Waals surface area (Å²) < 4.78 is 35.6. The molecule has 0 unspecified atom stereocenters. The van der Waals surface area contributed by atoms with Crippen molar-refractivity contribution in [1.29, 1.82) is 0 Å². The van der Waals surface area contributed by atoms with Gasteiger partial charge in [-0.05, 0) is 44.7 Å². The number of nitrogens with zero attached hydrogens (tertiary/aromatic N) is 2. The van der Waals surface area contributed by atoms with Crippen molar-refractivity contribution in [1.82, 2.24) is 14.2 Å². The average Bonchev–Trinajstić information content (AvgIpc) is 3.23. The van der Waals surface area contributed by atoms with Crippen molar-refractivity contribution < 1.29 is 17.6 Å². The molecule has 0 spiro atoms. The Labute approximate surface area is 160 Å². The highest BCUT2D eigenvalue weighted by molar-refractivity contribution is 7.89. The largest absolute Gasteiger partial charge is 0.468 e. The van der Waals surface area contributed by atoms with Gasteiger partial charge in [0.15, 0.2) is 0 Å². The zero-order valence-corrected chi connectivity index (χ0v) is 17.1. The molecule has 0 aromatic carbocycles. The van der Waals surface area contributed by atoms with Crippen LogP contribution in [0.3, 0.4) is 0 Å². The van der Waals surface area contributed by atoms with Crippen LogP contribution in [-0.4, -0.2) is 36.9 Å². The molecular formula is C19H27N3O4S. The molecule has 8 heteroatoms. The van der Waals surface area contributed by atoms with Crippen molar-refractivity contribution in [2.24, 2.45) is 13.0 Å². The lowest BCUT2D eigenvalue weighted by Crippen LogP contribution is -2.39. The molecule has 2 aromatic heterocycles. The first kappa shape index (κ1) is 19.7. The number of nitrogens with one attached hydrogen (secondary N) is 1. The van der Waals surface area contributed by atoms with Gasteiger partial charge in [-0.1, -0.05) is 6.92 Å². The van der Waals surface area contributed by atoms with Gasteiger partial charge in [-0.15, -0.1) is 0 Å². The van der Waals surface area contributed by atoms with E-state index < -0.39 is 10.0 Å². The highest BCUT2D eigenvalue weighted by Crippen LogP contribution is 2.29. The number of amides is 1. The molecule has 3 heterocycles. The first-order valence-electron chi connectivity index (χ1n) is 9.19. The van der Waals surface area contributed by atoms with Crippen molar-refractivity contribution in [2.45, 2.75) is 45.1 Å². The van der Waals surface area contributed by atoms with E-state index in [1.54, 1.807) is 42.5 Å². The number of hydrogen-bond acceptors (Lipinski definition) is 4. The maximum atomic E-state index is 13.2. The van der Waals surface area contributed by atoms with Gasteiger partial charge in [0, 0.05) is 31.5 Å². The van der Waals surface area contributed by atoms with Crippen molar-refractivity contribution in [3.8, 4) is 0 Å². The van der Waals surface area contributed by atoms with Gasteiger partial charge in [0.1, 0.15) is 10.7 Å². The molecule has 1 fully saturated rings. The molecule has 0 atom stereocenters. The minimum atomic E-state index is -3.87. The monoisotopic (exact) mass is 393 g/mol. The first-order chi connectivity index (χ1) is 12.7. The summed E-state index contributed by atoms with van der Waals surface area (Å²) in [6, 6.07) is 3.40. The number of likely N-dealkylation sites (tertiary alicyclic amines) is 1. The Kier molecular flexibility index (Phi) is 5.48. The third-order valence-electron chi connectivity index (χ3n) is 5.49. The van der Waals surface area contributed by atoms with Gasteiger partial charge >= 0.3 is 0 Å². The molecule has 0 bridgehead atoms. The molecule has 0 saturated carbocycles. The fraction of sp³-hybridized carbons (Fsp3) is 0.526. The second-order valence-corrected chi connectivity index (χ2v) is 9.02. The van der Waals surface area contributed by atoms with Crippen LogP contribution in [0.1, 0.15) is 47.3 Å². The minimum absolute atomic E-state index is 0.0393. The van der Waals surface area contributed by atoms with E-state index in [4.69, 9.17) is 4.42 Å². The minimum Gasteiger partial charge on any atom is -0.468 e. The summed E-state index contributed by atoms with van der Waals surface area (Å²) >= 11 is 0. The van der Waals surface area contributed by atoms with Crippen LogP contribution < -0.4 is 4.72 Å². The summed E-state index contributed by atoms with van der Waals surface area (Å²) in [6.45, 7) is 7.05. The van der Waals surface area contributed by atoms with E-state index in [1.165, 1.54) is 6.26 Å². The highest BCUT2D eigenvalue weighted by Gasteiger charge is 2.33. The van der Waals surface area contributed by atoms with Crippen LogP contribution in [0.2, 0.25) is 0 Å². The summed E-state index contributed by atoms with van der Waals surface area (Å²) in [6.07, 6.45) is 3.37. The molecule has 1 aliphatic heterocycles. The third kappa shape index (κ3) is 3.82. The summed E-state index contributed by atoms with van der Waals surface area (Å²) in [5.74, 6) is 0.897. The number of piperidine rings is 1. The Morgan fingerprint density at radius 1 is 1.26 bits per heavy atom. The molecule has 0 radical (unpaired) electrons. The fourth-order valence-corrected chi connectivity index (χ4v) is 5.02. The molecule has 1 aliphatic rings. The Morgan fingerprint density at radius 2 is 1.93 bits per heavy atom. The van der Waals surface area contributed by atoms with Crippen LogP contribution in [0.25, 0.3) is 0 Å². The van der Waals surface area contributed by atoms with Crippen molar-refractivity contribution in [3.63, 3.8) is 0 Å². The second kappa shape index (κ2) is 7.52. The Bertz CT molecular complexity index is 921. The van der Waals surface area contributed by atoms with Gasteiger partial charge in [-0.25, -0.2) is 13.1 Å². The van der Waals surface area contributed by atoms with Crippen LogP contribution in [0.5, 0.6) is 0 Å².